The van der Waals surface area contributed by atoms with Crippen molar-refractivity contribution in [3.63, 3.8) is 0 Å². The van der Waals surface area contributed by atoms with Crippen molar-refractivity contribution in [1.82, 2.24) is 19.2 Å². The molecule has 0 radical (unpaired) electrons. The number of halogens is 1. The first kappa shape index (κ1) is 17.9. The van der Waals surface area contributed by atoms with Crippen molar-refractivity contribution in [2.75, 3.05) is 5.88 Å². The number of aromatic nitrogens is 3. The van der Waals surface area contributed by atoms with Crippen molar-refractivity contribution in [3.8, 4) is 11.5 Å². The quantitative estimate of drug-likeness (QED) is 0.622. The van der Waals surface area contributed by atoms with E-state index < -0.39 is 0 Å². The first-order valence-corrected chi connectivity index (χ1v) is 9.77. The lowest BCUT2D eigenvalue weighted by Crippen LogP contribution is -2.26. The summed E-state index contributed by atoms with van der Waals surface area (Å²) < 4.78 is 4.07. The van der Waals surface area contributed by atoms with Crippen molar-refractivity contribution >= 4 is 17.5 Å². The average molecular weight is 383 g/mol. The number of alkyl halides is 1. The Bertz CT molecular complexity index is 974. The van der Waals surface area contributed by atoms with Crippen LogP contribution in [0.25, 0.3) is 11.5 Å². The van der Waals surface area contributed by atoms with Crippen LogP contribution in [-0.2, 0) is 17.9 Å². The molecule has 2 aromatic heterocycles. The van der Waals surface area contributed by atoms with Crippen LogP contribution >= 0.6 is 11.6 Å². The van der Waals surface area contributed by atoms with E-state index in [9.17, 15) is 4.79 Å². The van der Waals surface area contributed by atoms with Gasteiger partial charge in [-0.2, -0.15) is 5.10 Å². The van der Waals surface area contributed by atoms with Gasteiger partial charge in [0.15, 0.2) is 0 Å². The minimum Gasteiger partial charge on any atom is -0.332 e. The molecule has 3 aromatic rings. The van der Waals surface area contributed by atoms with Crippen molar-refractivity contribution in [3.05, 3.63) is 65.1 Å². The Labute approximate surface area is 164 Å². The van der Waals surface area contributed by atoms with Gasteiger partial charge in [-0.3, -0.25) is 4.79 Å². The standard InChI is InChI=1S/C21H23ClN4O/c1-15-7-8-17(12-16(15)2)26-21(24-10-3-4-11-24)18-13-25(14-19(18)23-26)20(27)6-5-9-22/h3-4,7-8,10-12H,5-6,9,13-14H2,1-2H3. The highest BCUT2D eigenvalue weighted by Gasteiger charge is 2.31. The highest BCUT2D eigenvalue weighted by Crippen LogP contribution is 2.31. The molecule has 0 aliphatic carbocycles. The molecule has 1 aromatic carbocycles. The molecule has 0 spiro atoms. The number of fused-ring (bicyclic) bond motifs is 1. The van der Waals surface area contributed by atoms with Crippen LogP contribution in [-0.4, -0.2) is 31.0 Å². The summed E-state index contributed by atoms with van der Waals surface area (Å²) in [6.07, 6.45) is 5.24. The predicted molar refractivity (Wildman–Crippen MR) is 107 cm³/mol. The van der Waals surface area contributed by atoms with Gasteiger partial charge in [-0.15, -0.1) is 11.6 Å². The Morgan fingerprint density at radius 3 is 2.63 bits per heavy atom. The molecule has 27 heavy (non-hydrogen) atoms. The fraction of sp³-hybridized carbons (Fsp3) is 0.333. The molecule has 4 rings (SSSR count). The number of amides is 1. The lowest BCUT2D eigenvalue weighted by Gasteiger charge is -2.17. The summed E-state index contributed by atoms with van der Waals surface area (Å²) in [5.74, 6) is 1.66. The molecule has 3 heterocycles. The molecule has 1 amide bonds. The van der Waals surface area contributed by atoms with E-state index >= 15 is 0 Å². The molecule has 0 saturated heterocycles. The summed E-state index contributed by atoms with van der Waals surface area (Å²) in [5, 5.41) is 4.88. The Morgan fingerprint density at radius 1 is 1.15 bits per heavy atom. The van der Waals surface area contributed by atoms with Gasteiger partial charge in [-0.25, -0.2) is 4.68 Å². The fourth-order valence-corrected chi connectivity index (χ4v) is 3.67. The van der Waals surface area contributed by atoms with E-state index in [-0.39, 0.29) is 5.91 Å². The number of carbonyl (C=O) groups excluding carboxylic acids is 1. The van der Waals surface area contributed by atoms with Crippen molar-refractivity contribution < 1.29 is 4.79 Å². The van der Waals surface area contributed by atoms with Gasteiger partial charge in [-0.1, -0.05) is 6.07 Å². The number of rotatable bonds is 5. The van der Waals surface area contributed by atoms with Gasteiger partial charge in [0, 0.05) is 30.3 Å². The Morgan fingerprint density at radius 2 is 1.93 bits per heavy atom. The lowest BCUT2D eigenvalue weighted by atomic mass is 10.1. The van der Waals surface area contributed by atoms with E-state index in [2.05, 4.69) is 36.6 Å². The van der Waals surface area contributed by atoms with Crippen molar-refractivity contribution in [1.29, 1.82) is 0 Å². The molecule has 0 bridgehead atoms. The topological polar surface area (TPSA) is 43.1 Å². The summed E-state index contributed by atoms with van der Waals surface area (Å²) in [7, 11) is 0. The number of carbonyl (C=O) groups is 1. The minimum atomic E-state index is 0.143. The number of nitrogens with zero attached hydrogens (tertiary/aromatic N) is 4. The van der Waals surface area contributed by atoms with E-state index in [1.165, 1.54) is 11.1 Å². The third-order valence-corrected chi connectivity index (χ3v) is 5.46. The van der Waals surface area contributed by atoms with Gasteiger partial charge in [0.25, 0.3) is 0 Å². The van der Waals surface area contributed by atoms with Gasteiger partial charge in [-0.05, 0) is 55.7 Å². The van der Waals surface area contributed by atoms with E-state index in [1.807, 2.05) is 34.1 Å². The van der Waals surface area contributed by atoms with Crippen LogP contribution in [0.5, 0.6) is 0 Å². The number of hydrogen-bond donors (Lipinski definition) is 0. The summed E-state index contributed by atoms with van der Waals surface area (Å²) in [4.78, 5) is 14.3. The first-order chi connectivity index (χ1) is 13.1. The minimum absolute atomic E-state index is 0.143. The maximum atomic E-state index is 12.4. The normalized spacial score (nSPS) is 13.2. The van der Waals surface area contributed by atoms with Crippen LogP contribution < -0.4 is 0 Å². The molecule has 1 aliphatic rings. The Balaban J connectivity index is 1.74. The van der Waals surface area contributed by atoms with Gasteiger partial charge >= 0.3 is 0 Å². The monoisotopic (exact) mass is 382 g/mol. The molecular formula is C21H23ClN4O. The fourth-order valence-electron chi connectivity index (χ4n) is 3.53. The van der Waals surface area contributed by atoms with Crippen LogP contribution in [0.2, 0.25) is 0 Å². The van der Waals surface area contributed by atoms with Gasteiger partial charge in [0.05, 0.1) is 24.5 Å². The SMILES string of the molecule is Cc1ccc(-n2nc3c(c2-n2cccc2)CN(C(=O)CCCCl)C3)cc1C. The highest BCUT2D eigenvalue weighted by molar-refractivity contribution is 6.17. The third kappa shape index (κ3) is 3.28. The zero-order valence-electron chi connectivity index (χ0n) is 15.7. The number of hydrogen-bond acceptors (Lipinski definition) is 2. The summed E-state index contributed by atoms with van der Waals surface area (Å²) in [6.45, 7) is 5.37. The average Bonchev–Trinajstić information content (AvgIpc) is 3.37. The van der Waals surface area contributed by atoms with Gasteiger partial charge < -0.3 is 9.47 Å². The molecule has 0 unspecified atom stereocenters. The summed E-state index contributed by atoms with van der Waals surface area (Å²) >= 11 is 5.74. The van der Waals surface area contributed by atoms with Gasteiger partial charge in [0.2, 0.25) is 5.91 Å². The molecular weight excluding hydrogens is 360 g/mol. The van der Waals surface area contributed by atoms with Gasteiger partial charge in [0.1, 0.15) is 5.82 Å². The molecule has 6 heteroatoms. The smallest absolute Gasteiger partial charge is 0.223 e. The van der Waals surface area contributed by atoms with Crippen molar-refractivity contribution in [2.45, 2.75) is 39.8 Å². The maximum absolute atomic E-state index is 12.4. The second kappa shape index (κ2) is 7.24. The van der Waals surface area contributed by atoms with Crippen LogP contribution in [0.15, 0.2) is 42.7 Å². The van der Waals surface area contributed by atoms with Crippen LogP contribution in [0.3, 0.4) is 0 Å². The highest BCUT2D eigenvalue weighted by atomic mass is 35.5. The number of aryl methyl sites for hydroxylation is 2. The molecule has 5 nitrogen and oxygen atoms in total. The molecule has 0 saturated carbocycles. The van der Waals surface area contributed by atoms with Crippen LogP contribution in [0.4, 0.5) is 0 Å². The molecule has 1 aliphatic heterocycles. The summed E-state index contributed by atoms with van der Waals surface area (Å²) in [6, 6.07) is 10.4. The van der Waals surface area contributed by atoms with Crippen LogP contribution in [0, 0.1) is 13.8 Å². The Kier molecular flexibility index (Phi) is 4.79. The van der Waals surface area contributed by atoms with E-state index in [0.717, 1.165) is 22.8 Å². The number of benzene rings is 1. The molecule has 0 atom stereocenters. The molecule has 0 fully saturated rings. The predicted octanol–water partition coefficient (Wildman–Crippen LogP) is 4.14. The molecule has 140 valence electrons. The zero-order chi connectivity index (χ0) is 19.0. The van der Waals surface area contributed by atoms with Crippen molar-refractivity contribution in [2.24, 2.45) is 0 Å². The Hall–Kier alpha value is -2.53. The zero-order valence-corrected chi connectivity index (χ0v) is 16.4. The largest absolute Gasteiger partial charge is 0.332 e. The second-order valence-corrected chi connectivity index (χ2v) is 7.44. The summed E-state index contributed by atoms with van der Waals surface area (Å²) in [5.41, 5.74) is 5.62. The lowest BCUT2D eigenvalue weighted by molar-refractivity contribution is -0.131. The van der Waals surface area contributed by atoms with E-state index in [4.69, 9.17) is 16.7 Å². The maximum Gasteiger partial charge on any atom is 0.223 e. The van der Waals surface area contributed by atoms with Crippen LogP contribution in [0.1, 0.15) is 35.2 Å². The second-order valence-electron chi connectivity index (χ2n) is 7.06. The van der Waals surface area contributed by atoms with E-state index in [0.29, 0.717) is 31.8 Å². The molecule has 0 N–H and O–H groups in total. The van der Waals surface area contributed by atoms with E-state index in [1.54, 1.807) is 0 Å². The first-order valence-electron chi connectivity index (χ1n) is 9.24. The third-order valence-electron chi connectivity index (χ3n) is 5.19.